The van der Waals surface area contributed by atoms with Gasteiger partial charge < -0.3 is 10.4 Å². The van der Waals surface area contributed by atoms with Crippen LogP contribution in [-0.2, 0) is 11.2 Å². The fourth-order valence-electron chi connectivity index (χ4n) is 2.19. The Morgan fingerprint density at radius 2 is 2.05 bits per heavy atom. The van der Waals surface area contributed by atoms with Gasteiger partial charge in [0.15, 0.2) is 0 Å². The van der Waals surface area contributed by atoms with Crippen molar-refractivity contribution in [3.05, 3.63) is 29.8 Å². The molecule has 5 heteroatoms. The molecule has 2 rings (SSSR count). The number of alkyl halides is 2. The molecule has 2 N–H and O–H groups in total. The van der Waals surface area contributed by atoms with E-state index in [0.29, 0.717) is 18.5 Å². The molecule has 0 heterocycles. The first-order chi connectivity index (χ1) is 8.90. The zero-order valence-corrected chi connectivity index (χ0v) is 10.7. The molecule has 0 aliphatic heterocycles. The molecule has 1 aliphatic carbocycles. The average molecular weight is 269 g/mol. The molecule has 0 radical (unpaired) electrons. The third-order valence-corrected chi connectivity index (χ3v) is 3.70. The molecular formula is C14H17F2NO2. The first-order valence-electron chi connectivity index (χ1n) is 6.40. The second kappa shape index (κ2) is 4.89. The summed E-state index contributed by atoms with van der Waals surface area (Å²) >= 11 is 0. The van der Waals surface area contributed by atoms with Crippen molar-refractivity contribution in [1.82, 2.24) is 0 Å². The van der Waals surface area contributed by atoms with Crippen LogP contribution in [0.4, 0.5) is 14.5 Å². The molecule has 0 saturated heterocycles. The average Bonchev–Trinajstić information content (AvgIpc) is 2.36. The standard InChI is InChI=1S/C14H17F2NO2/c1-2-10-6-3-4-7-11(10)17-12(18)14(15,16)13(19)8-5-9-13/h3-4,6-7,19H,2,5,8-9H2,1H3,(H,17,18). The predicted octanol–water partition coefficient (Wildman–Crippen LogP) is 2.74. The molecule has 104 valence electrons. The van der Waals surface area contributed by atoms with Crippen LogP contribution >= 0.6 is 0 Å². The molecule has 0 unspecified atom stereocenters. The number of benzene rings is 1. The van der Waals surface area contributed by atoms with Crippen LogP contribution in [0.5, 0.6) is 0 Å². The summed E-state index contributed by atoms with van der Waals surface area (Å²) in [4.78, 5) is 11.7. The van der Waals surface area contributed by atoms with Gasteiger partial charge in [-0.1, -0.05) is 25.1 Å². The van der Waals surface area contributed by atoms with Gasteiger partial charge in [0.25, 0.3) is 5.91 Å². The Morgan fingerprint density at radius 3 is 2.58 bits per heavy atom. The van der Waals surface area contributed by atoms with E-state index in [1.807, 2.05) is 6.92 Å². The van der Waals surface area contributed by atoms with Crippen LogP contribution in [0.1, 0.15) is 31.7 Å². The van der Waals surface area contributed by atoms with Crippen molar-refractivity contribution in [1.29, 1.82) is 0 Å². The van der Waals surface area contributed by atoms with Gasteiger partial charge in [0, 0.05) is 5.69 Å². The van der Waals surface area contributed by atoms with E-state index in [0.717, 1.165) is 5.56 Å². The predicted molar refractivity (Wildman–Crippen MR) is 68.2 cm³/mol. The molecule has 1 aromatic carbocycles. The van der Waals surface area contributed by atoms with Crippen molar-refractivity contribution in [3.8, 4) is 0 Å². The number of nitrogens with one attached hydrogen (secondary N) is 1. The number of para-hydroxylation sites is 1. The molecule has 0 spiro atoms. The summed E-state index contributed by atoms with van der Waals surface area (Å²) in [5.41, 5.74) is -1.03. The summed E-state index contributed by atoms with van der Waals surface area (Å²) < 4.78 is 27.8. The van der Waals surface area contributed by atoms with Crippen molar-refractivity contribution < 1.29 is 18.7 Å². The third-order valence-electron chi connectivity index (χ3n) is 3.70. The quantitative estimate of drug-likeness (QED) is 0.883. The Kier molecular flexibility index (Phi) is 3.58. The minimum absolute atomic E-state index is 0.0388. The van der Waals surface area contributed by atoms with Gasteiger partial charge in [-0.2, -0.15) is 8.78 Å². The maximum Gasteiger partial charge on any atom is 0.352 e. The van der Waals surface area contributed by atoms with Crippen molar-refractivity contribution in [2.24, 2.45) is 0 Å². The largest absolute Gasteiger partial charge is 0.383 e. The fourth-order valence-corrected chi connectivity index (χ4v) is 2.19. The number of anilines is 1. The highest BCUT2D eigenvalue weighted by Gasteiger charge is 2.61. The molecule has 1 fully saturated rings. The SMILES string of the molecule is CCc1ccccc1NC(=O)C(F)(F)C1(O)CCC1. The molecule has 1 aromatic rings. The number of halogens is 2. The van der Waals surface area contributed by atoms with Crippen LogP contribution in [0.25, 0.3) is 0 Å². The molecule has 1 amide bonds. The maximum atomic E-state index is 13.9. The minimum atomic E-state index is -3.76. The molecule has 1 saturated carbocycles. The van der Waals surface area contributed by atoms with Crippen LogP contribution in [0.15, 0.2) is 24.3 Å². The number of carbonyl (C=O) groups excluding carboxylic acids is 1. The van der Waals surface area contributed by atoms with E-state index in [-0.39, 0.29) is 12.8 Å². The van der Waals surface area contributed by atoms with Gasteiger partial charge in [-0.3, -0.25) is 4.79 Å². The first kappa shape index (κ1) is 13.9. The lowest BCUT2D eigenvalue weighted by atomic mass is 9.75. The molecule has 0 aromatic heterocycles. The Bertz CT molecular complexity index is 484. The highest BCUT2D eigenvalue weighted by atomic mass is 19.3. The number of aliphatic hydroxyl groups is 1. The van der Waals surface area contributed by atoms with Gasteiger partial charge in [-0.05, 0) is 37.3 Å². The van der Waals surface area contributed by atoms with Gasteiger partial charge >= 0.3 is 5.92 Å². The zero-order valence-electron chi connectivity index (χ0n) is 10.7. The van der Waals surface area contributed by atoms with E-state index in [1.54, 1.807) is 24.3 Å². The molecule has 0 atom stereocenters. The lowest BCUT2D eigenvalue weighted by Crippen LogP contribution is -2.59. The summed E-state index contributed by atoms with van der Waals surface area (Å²) in [7, 11) is 0. The van der Waals surface area contributed by atoms with Crippen molar-refractivity contribution in [2.75, 3.05) is 5.32 Å². The molecular weight excluding hydrogens is 252 g/mol. The molecule has 19 heavy (non-hydrogen) atoms. The van der Waals surface area contributed by atoms with E-state index >= 15 is 0 Å². The molecule has 1 aliphatic rings. The van der Waals surface area contributed by atoms with E-state index in [4.69, 9.17) is 0 Å². The number of hydrogen-bond acceptors (Lipinski definition) is 2. The first-order valence-corrected chi connectivity index (χ1v) is 6.40. The van der Waals surface area contributed by atoms with E-state index in [9.17, 15) is 18.7 Å². The van der Waals surface area contributed by atoms with Gasteiger partial charge in [0.05, 0.1) is 0 Å². The number of carbonyl (C=O) groups is 1. The van der Waals surface area contributed by atoms with E-state index in [2.05, 4.69) is 5.32 Å². The highest BCUT2D eigenvalue weighted by Crippen LogP contribution is 2.44. The van der Waals surface area contributed by atoms with Gasteiger partial charge in [-0.25, -0.2) is 0 Å². The smallest absolute Gasteiger partial charge is 0.352 e. The summed E-state index contributed by atoms with van der Waals surface area (Å²) in [6.45, 7) is 1.88. The second-order valence-electron chi connectivity index (χ2n) is 4.92. The number of amides is 1. The monoisotopic (exact) mass is 269 g/mol. The summed E-state index contributed by atoms with van der Waals surface area (Å²) in [5, 5.41) is 11.9. The van der Waals surface area contributed by atoms with Crippen molar-refractivity contribution >= 4 is 11.6 Å². The molecule has 0 bridgehead atoms. The van der Waals surface area contributed by atoms with Crippen LogP contribution in [-0.4, -0.2) is 22.5 Å². The fraction of sp³-hybridized carbons (Fsp3) is 0.500. The highest BCUT2D eigenvalue weighted by molar-refractivity contribution is 5.97. The second-order valence-corrected chi connectivity index (χ2v) is 4.92. The topological polar surface area (TPSA) is 49.3 Å². The number of aryl methyl sites for hydroxylation is 1. The van der Waals surface area contributed by atoms with Gasteiger partial charge in [0.2, 0.25) is 0 Å². The lowest BCUT2D eigenvalue weighted by molar-refractivity contribution is -0.212. The normalized spacial score (nSPS) is 17.7. The summed E-state index contributed by atoms with van der Waals surface area (Å²) in [5.74, 6) is -5.19. The van der Waals surface area contributed by atoms with Crippen LogP contribution < -0.4 is 5.32 Å². The van der Waals surface area contributed by atoms with Crippen LogP contribution in [0, 0.1) is 0 Å². The van der Waals surface area contributed by atoms with Crippen molar-refractivity contribution in [3.63, 3.8) is 0 Å². The Labute approximate surface area is 110 Å². The van der Waals surface area contributed by atoms with Gasteiger partial charge in [-0.15, -0.1) is 0 Å². The van der Waals surface area contributed by atoms with Gasteiger partial charge in [0.1, 0.15) is 5.60 Å². The van der Waals surface area contributed by atoms with Crippen LogP contribution in [0.3, 0.4) is 0 Å². The van der Waals surface area contributed by atoms with Crippen LogP contribution in [0.2, 0.25) is 0 Å². The summed E-state index contributed by atoms with van der Waals surface area (Å²) in [6.07, 6.45) is 1.07. The Balaban J connectivity index is 2.17. The zero-order chi connectivity index (χ0) is 14.1. The number of hydrogen-bond donors (Lipinski definition) is 2. The Hall–Kier alpha value is -1.49. The minimum Gasteiger partial charge on any atom is -0.383 e. The lowest BCUT2D eigenvalue weighted by Gasteiger charge is -2.41. The maximum absolute atomic E-state index is 13.9. The summed E-state index contributed by atoms with van der Waals surface area (Å²) in [6, 6.07) is 6.81. The van der Waals surface area contributed by atoms with E-state index < -0.39 is 17.4 Å². The van der Waals surface area contributed by atoms with E-state index in [1.165, 1.54) is 0 Å². The Morgan fingerprint density at radius 1 is 1.42 bits per heavy atom. The third kappa shape index (κ3) is 2.34. The molecule has 3 nitrogen and oxygen atoms in total. The van der Waals surface area contributed by atoms with Crippen molar-refractivity contribution in [2.45, 2.75) is 44.1 Å². The number of rotatable bonds is 4.